The van der Waals surface area contributed by atoms with Gasteiger partial charge in [0.2, 0.25) is 0 Å². The number of nitrogens with one attached hydrogen (secondary N) is 1. The summed E-state index contributed by atoms with van der Waals surface area (Å²) in [5.74, 6) is 0. The van der Waals surface area contributed by atoms with E-state index in [9.17, 15) is 0 Å². The number of likely N-dealkylation sites (tertiary alicyclic amines) is 1. The summed E-state index contributed by atoms with van der Waals surface area (Å²) < 4.78 is 1.13. The lowest BCUT2D eigenvalue weighted by Crippen LogP contribution is -2.46. The van der Waals surface area contributed by atoms with Gasteiger partial charge in [-0.2, -0.15) is 0 Å². The second-order valence-corrected chi connectivity index (χ2v) is 6.15. The zero-order valence-corrected chi connectivity index (χ0v) is 12.6. The van der Waals surface area contributed by atoms with Crippen LogP contribution in [0.1, 0.15) is 18.9 Å². The highest BCUT2D eigenvalue weighted by Crippen LogP contribution is 2.26. The van der Waals surface area contributed by atoms with Gasteiger partial charge in [-0.05, 0) is 32.2 Å². The van der Waals surface area contributed by atoms with Gasteiger partial charge in [-0.1, -0.05) is 23.2 Å². The van der Waals surface area contributed by atoms with Gasteiger partial charge in [-0.3, -0.25) is 0 Å². The molecule has 1 N–H and O–H groups in total. The first-order valence-electron chi connectivity index (χ1n) is 6.54. The second kappa shape index (κ2) is 5.79. The van der Waals surface area contributed by atoms with Gasteiger partial charge in [-0.15, -0.1) is 0 Å². The maximum Gasteiger partial charge on any atom is 0.105 e. The van der Waals surface area contributed by atoms with Crippen LogP contribution in [0.3, 0.4) is 0 Å². The van der Waals surface area contributed by atoms with E-state index in [2.05, 4.69) is 19.3 Å². The van der Waals surface area contributed by atoms with Crippen molar-refractivity contribution < 1.29 is 4.48 Å². The molecule has 4 heteroatoms. The highest BCUT2D eigenvalue weighted by atomic mass is 35.5. The third-order valence-electron chi connectivity index (χ3n) is 4.08. The zero-order chi connectivity index (χ0) is 13.2. The van der Waals surface area contributed by atoms with Crippen LogP contribution in [-0.4, -0.2) is 37.2 Å². The number of hydrogen-bond acceptors (Lipinski definition) is 1. The lowest BCUT2D eigenvalue weighted by Gasteiger charge is -2.33. The molecule has 1 heterocycles. The van der Waals surface area contributed by atoms with Crippen LogP contribution in [0.2, 0.25) is 10.0 Å². The van der Waals surface area contributed by atoms with Gasteiger partial charge < -0.3 is 9.80 Å². The van der Waals surface area contributed by atoms with E-state index in [1.165, 1.54) is 25.1 Å². The Bertz CT molecular complexity index is 402. The molecule has 2 nitrogen and oxygen atoms in total. The third kappa shape index (κ3) is 3.18. The second-order valence-electron chi connectivity index (χ2n) is 5.27. The molecule has 100 valence electrons. The molecule has 1 aliphatic rings. The fourth-order valence-electron chi connectivity index (χ4n) is 2.95. The van der Waals surface area contributed by atoms with E-state index in [4.69, 9.17) is 23.2 Å². The molecule has 1 aliphatic heterocycles. The van der Waals surface area contributed by atoms with Crippen LogP contribution in [-0.2, 0) is 6.54 Å². The van der Waals surface area contributed by atoms with Crippen LogP contribution in [0.15, 0.2) is 18.2 Å². The molecule has 0 aromatic heterocycles. The Kier molecular flexibility index (Phi) is 4.54. The fraction of sp³-hybridized carbons (Fsp3) is 0.571. The average Bonchev–Trinajstić information content (AvgIpc) is 2.72. The summed E-state index contributed by atoms with van der Waals surface area (Å²) in [6.07, 6.45) is 1.25. The van der Waals surface area contributed by atoms with Crippen LogP contribution in [0, 0.1) is 0 Å². The van der Waals surface area contributed by atoms with Crippen LogP contribution >= 0.6 is 23.2 Å². The van der Waals surface area contributed by atoms with E-state index in [1.54, 1.807) is 6.07 Å². The molecule has 2 rings (SSSR count). The number of likely N-dealkylation sites (N-methyl/N-ethyl adjacent to an activating group) is 2. The van der Waals surface area contributed by atoms with Crippen molar-refractivity contribution in [3.63, 3.8) is 0 Å². The molecule has 1 aromatic rings. The molecule has 0 amide bonds. The molecule has 18 heavy (non-hydrogen) atoms. The van der Waals surface area contributed by atoms with Crippen LogP contribution < -0.4 is 5.32 Å². The van der Waals surface area contributed by atoms with Gasteiger partial charge in [0.15, 0.2) is 0 Å². The topological polar surface area (TPSA) is 12.0 Å². The van der Waals surface area contributed by atoms with Gasteiger partial charge in [0.1, 0.15) is 6.54 Å². The Hall–Kier alpha value is -0.280. The smallest absolute Gasteiger partial charge is 0.105 e. The van der Waals surface area contributed by atoms with Crippen molar-refractivity contribution in [1.82, 2.24) is 5.32 Å². The quantitative estimate of drug-likeness (QED) is 0.838. The zero-order valence-electron chi connectivity index (χ0n) is 11.0. The maximum atomic E-state index is 6.08. The monoisotopic (exact) mass is 287 g/mol. The van der Waals surface area contributed by atoms with Gasteiger partial charge in [-0.25, -0.2) is 0 Å². The summed E-state index contributed by atoms with van der Waals surface area (Å²) in [7, 11) is 2.05. The van der Waals surface area contributed by atoms with Gasteiger partial charge in [0.05, 0.1) is 25.7 Å². The van der Waals surface area contributed by atoms with E-state index in [0.29, 0.717) is 6.04 Å². The molecule has 1 unspecified atom stereocenters. The van der Waals surface area contributed by atoms with Gasteiger partial charge >= 0.3 is 0 Å². The average molecular weight is 288 g/mol. The maximum absolute atomic E-state index is 6.08. The molecular weight excluding hydrogens is 267 g/mol. The van der Waals surface area contributed by atoms with E-state index in [-0.39, 0.29) is 0 Å². The normalized spacial score (nSPS) is 27.7. The SMILES string of the molecule is CC[N+]1(Cc2cc(Cl)cc(Cl)c2)CC[C@@H](NC)C1. The van der Waals surface area contributed by atoms with Crippen molar-refractivity contribution in [2.45, 2.75) is 25.9 Å². The molecule has 2 atom stereocenters. The lowest BCUT2D eigenvalue weighted by atomic mass is 10.2. The van der Waals surface area contributed by atoms with Crippen molar-refractivity contribution in [2.24, 2.45) is 0 Å². The summed E-state index contributed by atoms with van der Waals surface area (Å²) >= 11 is 12.2. The van der Waals surface area contributed by atoms with Gasteiger partial charge in [0, 0.05) is 22.0 Å². The van der Waals surface area contributed by atoms with Crippen molar-refractivity contribution >= 4 is 23.2 Å². The van der Waals surface area contributed by atoms with Crippen molar-refractivity contribution in [2.75, 3.05) is 26.7 Å². The molecular formula is C14H21Cl2N2+. The molecule has 0 aliphatic carbocycles. The number of quaternary nitrogens is 1. The van der Waals surface area contributed by atoms with Gasteiger partial charge in [0.25, 0.3) is 0 Å². The first kappa shape index (κ1) is 14.1. The Morgan fingerprint density at radius 1 is 1.28 bits per heavy atom. The fourth-order valence-corrected chi connectivity index (χ4v) is 3.52. The summed E-state index contributed by atoms with van der Waals surface area (Å²) in [6, 6.07) is 6.51. The summed E-state index contributed by atoms with van der Waals surface area (Å²) in [4.78, 5) is 0. The molecule has 1 aromatic carbocycles. The summed E-state index contributed by atoms with van der Waals surface area (Å²) in [5.41, 5.74) is 1.24. The van der Waals surface area contributed by atoms with E-state index >= 15 is 0 Å². The van der Waals surface area contributed by atoms with Crippen LogP contribution in [0.5, 0.6) is 0 Å². The van der Waals surface area contributed by atoms with E-state index in [0.717, 1.165) is 27.6 Å². The number of halogens is 2. The molecule has 0 bridgehead atoms. The number of nitrogens with zero attached hydrogens (tertiary/aromatic N) is 1. The number of rotatable bonds is 4. The number of benzene rings is 1. The van der Waals surface area contributed by atoms with Crippen LogP contribution in [0.25, 0.3) is 0 Å². The molecule has 0 radical (unpaired) electrons. The van der Waals surface area contributed by atoms with Crippen LogP contribution in [0.4, 0.5) is 0 Å². The highest BCUT2D eigenvalue weighted by molar-refractivity contribution is 6.34. The first-order valence-corrected chi connectivity index (χ1v) is 7.30. The molecule has 0 saturated carbocycles. The Morgan fingerprint density at radius 2 is 1.94 bits per heavy atom. The standard InChI is InChI=1S/C14H21Cl2N2/c1-3-18(5-4-14(10-18)17-2)9-11-6-12(15)8-13(16)7-11/h6-8,14,17H,3-5,9-10H2,1-2H3/q+1/t14-,18?/m1/s1. The third-order valence-corrected chi connectivity index (χ3v) is 4.52. The Labute approximate surface area is 119 Å². The minimum absolute atomic E-state index is 0.639. The largest absolute Gasteiger partial charge is 0.319 e. The Balaban J connectivity index is 2.15. The summed E-state index contributed by atoms with van der Waals surface area (Å²) in [5, 5.41) is 4.86. The van der Waals surface area contributed by atoms with E-state index < -0.39 is 0 Å². The van der Waals surface area contributed by atoms with Crippen molar-refractivity contribution in [3.05, 3.63) is 33.8 Å². The lowest BCUT2D eigenvalue weighted by molar-refractivity contribution is -0.928. The molecule has 0 spiro atoms. The molecule has 1 fully saturated rings. The van der Waals surface area contributed by atoms with Crippen molar-refractivity contribution in [3.8, 4) is 0 Å². The molecule has 1 saturated heterocycles. The van der Waals surface area contributed by atoms with Crippen molar-refractivity contribution in [1.29, 1.82) is 0 Å². The Morgan fingerprint density at radius 3 is 2.44 bits per heavy atom. The number of hydrogen-bond donors (Lipinski definition) is 1. The minimum atomic E-state index is 0.639. The minimum Gasteiger partial charge on any atom is -0.319 e. The first-order chi connectivity index (χ1) is 8.57. The highest BCUT2D eigenvalue weighted by Gasteiger charge is 2.36. The van der Waals surface area contributed by atoms with E-state index in [1.807, 2.05) is 12.1 Å². The predicted octanol–water partition coefficient (Wildman–Crippen LogP) is 3.32. The predicted molar refractivity (Wildman–Crippen MR) is 78.2 cm³/mol. The summed E-state index contributed by atoms with van der Waals surface area (Å²) in [6.45, 7) is 6.87.